The molecule has 47 heavy (non-hydrogen) atoms. The second kappa shape index (κ2) is 15.4. The van der Waals surface area contributed by atoms with Crippen LogP contribution in [-0.4, -0.2) is 23.8 Å². The summed E-state index contributed by atoms with van der Waals surface area (Å²) in [4.78, 5) is 4.87. The second-order valence-corrected chi connectivity index (χ2v) is 22.8. The van der Waals surface area contributed by atoms with E-state index in [1.165, 1.54) is 33.6 Å². The van der Waals surface area contributed by atoms with E-state index in [4.69, 9.17) is 24.1 Å². The van der Waals surface area contributed by atoms with Crippen molar-refractivity contribution in [3.63, 3.8) is 0 Å². The molecule has 3 aromatic carbocycles. The quantitative estimate of drug-likeness (QED) is 0.190. The van der Waals surface area contributed by atoms with Gasteiger partial charge in [0.25, 0.3) is 0 Å². The first-order chi connectivity index (χ1) is 21.4. The number of nitrogens with zero attached hydrogens (tertiary/aromatic N) is 2. The van der Waals surface area contributed by atoms with Crippen molar-refractivity contribution in [3.8, 4) is 5.75 Å². The molecule has 1 fully saturated rings. The first-order valence-corrected chi connectivity index (χ1v) is 22.2. The van der Waals surface area contributed by atoms with Gasteiger partial charge in [-0.1, -0.05) is 95.2 Å². The summed E-state index contributed by atoms with van der Waals surface area (Å²) in [5.41, 5.74) is 9.71. The van der Waals surface area contributed by atoms with E-state index in [2.05, 4.69) is 136 Å². The summed E-state index contributed by atoms with van der Waals surface area (Å²) in [6.45, 7) is 36.0. The zero-order valence-electron chi connectivity index (χ0n) is 31.3. The zero-order chi connectivity index (χ0) is 35.5. The summed E-state index contributed by atoms with van der Waals surface area (Å²) >= 11 is -1.77. The minimum absolute atomic E-state index is 0.123. The van der Waals surface area contributed by atoms with E-state index >= 15 is 0 Å². The van der Waals surface area contributed by atoms with Gasteiger partial charge in [-0.3, -0.25) is 0 Å². The van der Waals surface area contributed by atoms with E-state index in [0.717, 1.165) is 24.4 Å². The van der Waals surface area contributed by atoms with Crippen LogP contribution < -0.4 is 14.5 Å². The summed E-state index contributed by atoms with van der Waals surface area (Å²) in [7, 11) is 11.6. The third-order valence-electron chi connectivity index (χ3n) is 8.29. The molecule has 3 nitrogen and oxygen atoms in total. The average molecular weight is 768 g/mol. The van der Waals surface area contributed by atoms with Gasteiger partial charge >= 0.3 is 97.8 Å². The molecule has 0 aromatic heterocycles. The molecule has 0 bridgehead atoms. The Kier molecular flexibility index (Phi) is 12.9. The maximum absolute atomic E-state index is 5.82. The van der Waals surface area contributed by atoms with Gasteiger partial charge in [0, 0.05) is 24.5 Å². The van der Waals surface area contributed by atoms with E-state index in [9.17, 15) is 0 Å². The summed E-state index contributed by atoms with van der Waals surface area (Å²) in [5, 5.41) is 0. The van der Waals surface area contributed by atoms with Crippen LogP contribution >= 0.6 is 19.4 Å². The number of hydrogen-bond acceptors (Lipinski definition) is 3. The van der Waals surface area contributed by atoms with Crippen molar-refractivity contribution in [2.45, 2.75) is 125 Å². The number of benzene rings is 3. The van der Waals surface area contributed by atoms with Crippen molar-refractivity contribution in [1.29, 1.82) is 0 Å². The molecule has 262 valence electrons. The second-order valence-electron chi connectivity index (χ2n) is 17.1. The molecular formula is C41H59Cl2N2ORu-. The SMILES string of the molecule is CC(C)(C)c1cc(N2[CH-]N(c3cc(C(C)(C)C)cc(C(C)(C)C)c3)CC2)cc(C(C)(C)C)c1.CC(C)Oc1ccccc1[CH]=[Ru]([Cl])[Cl]. The van der Waals surface area contributed by atoms with Gasteiger partial charge < -0.3 is 9.80 Å². The predicted octanol–water partition coefficient (Wildman–Crippen LogP) is 11.9. The van der Waals surface area contributed by atoms with Crippen molar-refractivity contribution in [1.82, 2.24) is 0 Å². The van der Waals surface area contributed by atoms with E-state index in [1.807, 2.05) is 42.7 Å². The Morgan fingerprint density at radius 2 is 1.00 bits per heavy atom. The first kappa shape index (κ1) is 39.6. The topological polar surface area (TPSA) is 15.7 Å². The van der Waals surface area contributed by atoms with Crippen LogP contribution in [0.25, 0.3) is 0 Å². The molecule has 0 atom stereocenters. The molecule has 6 heteroatoms. The zero-order valence-corrected chi connectivity index (χ0v) is 34.6. The molecule has 0 saturated carbocycles. The molecule has 1 heterocycles. The fourth-order valence-corrected chi connectivity index (χ4v) is 6.99. The van der Waals surface area contributed by atoms with Gasteiger partial charge in [-0.05, 0) is 68.2 Å². The summed E-state index contributed by atoms with van der Waals surface area (Å²) in [6.07, 6.45) is 0.163. The molecule has 3 aromatic rings. The molecule has 1 saturated heterocycles. The molecule has 0 N–H and O–H groups in total. The molecular weight excluding hydrogens is 708 g/mol. The maximum atomic E-state index is 5.82. The van der Waals surface area contributed by atoms with Gasteiger partial charge in [-0.25, -0.2) is 0 Å². The first-order valence-electron chi connectivity index (χ1n) is 16.7. The molecule has 1 aliphatic heterocycles. The fourth-order valence-electron chi connectivity index (χ4n) is 5.19. The monoisotopic (exact) mass is 767 g/mol. The molecule has 0 spiro atoms. The van der Waals surface area contributed by atoms with Crippen molar-refractivity contribution >= 4 is 35.4 Å². The Bertz CT molecular complexity index is 1380. The molecule has 4 rings (SSSR count). The fraction of sp³-hybridized carbons (Fsp3) is 0.512. The van der Waals surface area contributed by atoms with Gasteiger partial charge in [0.2, 0.25) is 0 Å². The van der Waals surface area contributed by atoms with Gasteiger partial charge in [-0.15, -0.1) is 0 Å². The number of para-hydroxylation sites is 1. The van der Waals surface area contributed by atoms with Crippen LogP contribution in [0.1, 0.15) is 125 Å². The van der Waals surface area contributed by atoms with Crippen LogP contribution in [0.5, 0.6) is 5.75 Å². The number of ether oxygens (including phenoxy) is 1. The van der Waals surface area contributed by atoms with Crippen molar-refractivity contribution in [3.05, 3.63) is 95.1 Å². The normalized spacial score (nSPS) is 14.6. The predicted molar refractivity (Wildman–Crippen MR) is 206 cm³/mol. The van der Waals surface area contributed by atoms with Crippen LogP contribution in [0.2, 0.25) is 0 Å². The summed E-state index contributed by atoms with van der Waals surface area (Å²) in [5.74, 6) is 0.850. The number of hydrogen-bond donors (Lipinski definition) is 0. The van der Waals surface area contributed by atoms with Crippen molar-refractivity contribution in [2.24, 2.45) is 0 Å². The molecule has 1 aliphatic rings. The van der Waals surface area contributed by atoms with Gasteiger partial charge in [0.05, 0.1) is 0 Å². The molecule has 0 unspecified atom stereocenters. The number of halogens is 2. The van der Waals surface area contributed by atoms with Gasteiger partial charge in [0.15, 0.2) is 0 Å². The summed E-state index contributed by atoms with van der Waals surface area (Å²) in [6, 6.07) is 22.1. The van der Waals surface area contributed by atoms with E-state index in [0.29, 0.717) is 0 Å². The standard InChI is InChI=1S/C31H47N2.C10H12O.2ClH.Ru/c1-28(2,3)22-15-23(29(4,5)6)18-26(17-22)32-13-14-33(21-32)27-19-24(30(7,8)9)16-25(20-27)31(10,11)12;1-8(2)11-10-7-5-4-6-9(10)3;;;/h15-21H,13-14H2,1-12H3;3-8H,1-2H3;2*1H;/q-1;;;;+2/p-2. The van der Waals surface area contributed by atoms with Crippen LogP contribution in [0.4, 0.5) is 11.4 Å². The van der Waals surface area contributed by atoms with Crippen LogP contribution in [-0.2, 0) is 35.2 Å². The Balaban J connectivity index is 0.000000358. The Labute approximate surface area is 300 Å². The Morgan fingerprint density at radius 1 is 0.638 bits per heavy atom. The molecule has 0 radical (unpaired) electrons. The van der Waals surface area contributed by atoms with Crippen LogP contribution in [0.3, 0.4) is 0 Å². The van der Waals surface area contributed by atoms with Crippen LogP contribution in [0.15, 0.2) is 60.7 Å². The van der Waals surface area contributed by atoms with Crippen LogP contribution in [0, 0.1) is 6.67 Å². The van der Waals surface area contributed by atoms with Crippen molar-refractivity contribution < 1.29 is 18.3 Å². The number of anilines is 2. The van der Waals surface area contributed by atoms with Crippen molar-refractivity contribution in [2.75, 3.05) is 22.9 Å². The van der Waals surface area contributed by atoms with Gasteiger partial charge in [0.1, 0.15) is 0 Å². The van der Waals surface area contributed by atoms with E-state index < -0.39 is 13.5 Å². The minimum atomic E-state index is -1.77. The van der Waals surface area contributed by atoms with E-state index in [1.54, 1.807) is 0 Å². The third kappa shape index (κ3) is 11.6. The third-order valence-corrected chi connectivity index (χ3v) is 10.1. The van der Waals surface area contributed by atoms with E-state index in [-0.39, 0.29) is 27.8 Å². The molecule has 0 aliphatic carbocycles. The Morgan fingerprint density at radius 3 is 1.32 bits per heavy atom. The summed E-state index contributed by atoms with van der Waals surface area (Å²) < 4.78 is 7.51. The average Bonchev–Trinajstić information content (AvgIpc) is 3.42. The molecule has 0 amide bonds. The Hall–Kier alpha value is -1.87. The number of rotatable bonds is 5. The van der Waals surface area contributed by atoms with Gasteiger partial charge in [-0.2, -0.15) is 6.67 Å².